The van der Waals surface area contributed by atoms with Crippen LogP contribution in [0.2, 0.25) is 0 Å². The smallest absolute Gasteiger partial charge is 0.0468 e. The average Bonchev–Trinajstić information content (AvgIpc) is 2.53. The van der Waals surface area contributed by atoms with Crippen molar-refractivity contribution in [1.29, 1.82) is 0 Å². The molecule has 2 N–H and O–H groups in total. The summed E-state index contributed by atoms with van der Waals surface area (Å²) >= 11 is 0. The molecule has 2 rings (SSSR count). The molecule has 70 valence electrons. The van der Waals surface area contributed by atoms with Crippen molar-refractivity contribution in [2.45, 2.75) is 38.1 Å². The highest BCUT2D eigenvalue weighted by Gasteiger charge is 2.31. The van der Waals surface area contributed by atoms with E-state index in [2.05, 4.69) is 0 Å². The second-order valence-electron chi connectivity index (χ2n) is 4.21. The van der Waals surface area contributed by atoms with E-state index in [0.29, 0.717) is 6.04 Å². The lowest BCUT2D eigenvalue weighted by molar-refractivity contribution is 0.0450. The normalized spacial score (nSPS) is 38.8. The molecule has 0 bridgehead atoms. The Morgan fingerprint density at radius 3 is 2.33 bits per heavy atom. The van der Waals surface area contributed by atoms with Crippen LogP contribution in [0.4, 0.5) is 0 Å². The van der Waals surface area contributed by atoms with E-state index >= 15 is 0 Å². The second kappa shape index (κ2) is 3.75. The number of nitrogens with two attached hydrogens (primary N) is 1. The molecule has 0 radical (unpaired) electrons. The molecule has 0 aromatic rings. The minimum atomic E-state index is 0.494. The largest absolute Gasteiger partial charge is 0.381 e. The summed E-state index contributed by atoms with van der Waals surface area (Å²) in [6.07, 6.45) is 6.47. The highest BCUT2D eigenvalue weighted by Crippen LogP contribution is 2.35. The Balaban J connectivity index is 1.89. The Labute approximate surface area is 74.5 Å². The van der Waals surface area contributed by atoms with Crippen LogP contribution in [0, 0.1) is 11.8 Å². The van der Waals surface area contributed by atoms with E-state index in [9.17, 15) is 0 Å². The van der Waals surface area contributed by atoms with Crippen molar-refractivity contribution in [3.05, 3.63) is 0 Å². The van der Waals surface area contributed by atoms with Crippen LogP contribution in [-0.2, 0) is 4.74 Å². The maximum Gasteiger partial charge on any atom is 0.0468 e. The van der Waals surface area contributed by atoms with Gasteiger partial charge in [0.05, 0.1) is 0 Å². The Bertz CT molecular complexity index is 143. The van der Waals surface area contributed by atoms with Gasteiger partial charge in [0.25, 0.3) is 0 Å². The van der Waals surface area contributed by atoms with Gasteiger partial charge in [-0.3, -0.25) is 0 Å². The monoisotopic (exact) mass is 169 g/mol. The average molecular weight is 169 g/mol. The number of hydrogen-bond acceptors (Lipinski definition) is 2. The van der Waals surface area contributed by atoms with Gasteiger partial charge in [0.2, 0.25) is 0 Å². The lowest BCUT2D eigenvalue weighted by atomic mass is 9.83. The third-order valence-corrected chi connectivity index (χ3v) is 3.50. The van der Waals surface area contributed by atoms with Gasteiger partial charge in [0, 0.05) is 19.3 Å². The predicted molar refractivity (Wildman–Crippen MR) is 48.9 cm³/mol. The first-order chi connectivity index (χ1) is 5.88. The van der Waals surface area contributed by atoms with Crippen LogP contribution in [0.3, 0.4) is 0 Å². The highest BCUT2D eigenvalue weighted by molar-refractivity contribution is 4.86. The van der Waals surface area contributed by atoms with E-state index < -0.39 is 0 Å². The minimum Gasteiger partial charge on any atom is -0.381 e. The van der Waals surface area contributed by atoms with Crippen molar-refractivity contribution in [1.82, 2.24) is 0 Å². The number of rotatable bonds is 1. The number of hydrogen-bond donors (Lipinski definition) is 1. The molecule has 1 heterocycles. The molecule has 2 atom stereocenters. The Hall–Kier alpha value is -0.0800. The summed E-state index contributed by atoms with van der Waals surface area (Å²) in [5.74, 6) is 1.69. The molecule has 2 fully saturated rings. The molecule has 0 aromatic carbocycles. The quantitative estimate of drug-likeness (QED) is 0.646. The van der Waals surface area contributed by atoms with Crippen LogP contribution in [0.15, 0.2) is 0 Å². The summed E-state index contributed by atoms with van der Waals surface area (Å²) in [5.41, 5.74) is 6.07. The second-order valence-corrected chi connectivity index (χ2v) is 4.21. The first-order valence-corrected chi connectivity index (χ1v) is 5.21. The molecule has 0 amide bonds. The van der Waals surface area contributed by atoms with E-state index in [1.807, 2.05) is 0 Å². The molecule has 12 heavy (non-hydrogen) atoms. The fourth-order valence-electron chi connectivity index (χ4n) is 2.75. The molecule has 1 saturated carbocycles. The maximum atomic E-state index is 6.07. The zero-order valence-corrected chi connectivity index (χ0v) is 7.67. The topological polar surface area (TPSA) is 35.2 Å². The van der Waals surface area contributed by atoms with Crippen molar-refractivity contribution in [2.24, 2.45) is 17.6 Å². The fourth-order valence-corrected chi connectivity index (χ4v) is 2.75. The third-order valence-electron chi connectivity index (χ3n) is 3.50. The minimum absolute atomic E-state index is 0.494. The van der Waals surface area contributed by atoms with Crippen molar-refractivity contribution < 1.29 is 4.74 Å². The van der Waals surface area contributed by atoms with E-state index in [1.54, 1.807) is 0 Å². The zero-order chi connectivity index (χ0) is 8.39. The van der Waals surface area contributed by atoms with Gasteiger partial charge in [-0.05, 0) is 37.5 Å². The lowest BCUT2D eigenvalue weighted by Gasteiger charge is -2.29. The molecule has 0 spiro atoms. The first-order valence-electron chi connectivity index (χ1n) is 5.21. The van der Waals surface area contributed by atoms with E-state index in [1.165, 1.54) is 32.1 Å². The Kier molecular flexibility index (Phi) is 2.66. The molecule has 1 aliphatic carbocycles. The van der Waals surface area contributed by atoms with Gasteiger partial charge in [-0.1, -0.05) is 6.42 Å². The van der Waals surface area contributed by atoms with Gasteiger partial charge in [-0.15, -0.1) is 0 Å². The van der Waals surface area contributed by atoms with Crippen LogP contribution >= 0.6 is 0 Å². The van der Waals surface area contributed by atoms with Gasteiger partial charge in [0.15, 0.2) is 0 Å². The van der Waals surface area contributed by atoms with Crippen LogP contribution in [0.5, 0.6) is 0 Å². The molecular weight excluding hydrogens is 150 g/mol. The third kappa shape index (κ3) is 1.64. The zero-order valence-electron chi connectivity index (χ0n) is 7.67. The maximum absolute atomic E-state index is 6.07. The van der Waals surface area contributed by atoms with E-state index in [-0.39, 0.29) is 0 Å². The van der Waals surface area contributed by atoms with Gasteiger partial charge in [-0.25, -0.2) is 0 Å². The van der Waals surface area contributed by atoms with E-state index in [4.69, 9.17) is 10.5 Å². The van der Waals surface area contributed by atoms with Crippen molar-refractivity contribution >= 4 is 0 Å². The standard InChI is InChI=1S/C10H19NO/c11-10-3-1-2-9(10)8-4-6-12-7-5-8/h8-10H,1-7,11H2. The number of ether oxygens (including phenoxy) is 1. The molecule has 2 unspecified atom stereocenters. The summed E-state index contributed by atoms with van der Waals surface area (Å²) in [6, 6.07) is 0.494. The SMILES string of the molecule is NC1CCCC1C1CCOCC1. The van der Waals surface area contributed by atoms with Crippen molar-refractivity contribution in [3.8, 4) is 0 Å². The molecule has 1 saturated heterocycles. The summed E-state index contributed by atoms with van der Waals surface area (Å²) in [6.45, 7) is 1.93. The van der Waals surface area contributed by atoms with Gasteiger partial charge < -0.3 is 10.5 Å². The molecular formula is C10H19NO. The summed E-state index contributed by atoms with van der Waals surface area (Å²) in [7, 11) is 0. The van der Waals surface area contributed by atoms with Crippen molar-refractivity contribution in [3.63, 3.8) is 0 Å². The molecule has 1 aliphatic heterocycles. The van der Waals surface area contributed by atoms with Crippen LogP contribution in [-0.4, -0.2) is 19.3 Å². The summed E-state index contributed by atoms with van der Waals surface area (Å²) in [5, 5.41) is 0. The van der Waals surface area contributed by atoms with Gasteiger partial charge in [0.1, 0.15) is 0 Å². The molecule has 0 aromatic heterocycles. The molecule has 2 heteroatoms. The van der Waals surface area contributed by atoms with E-state index in [0.717, 1.165) is 25.0 Å². The highest BCUT2D eigenvalue weighted by atomic mass is 16.5. The first kappa shape index (κ1) is 8.52. The lowest BCUT2D eigenvalue weighted by Crippen LogP contribution is -2.33. The molecule has 2 nitrogen and oxygen atoms in total. The van der Waals surface area contributed by atoms with Crippen LogP contribution in [0.25, 0.3) is 0 Å². The van der Waals surface area contributed by atoms with Gasteiger partial charge in [-0.2, -0.15) is 0 Å². The van der Waals surface area contributed by atoms with Crippen molar-refractivity contribution in [2.75, 3.05) is 13.2 Å². The van der Waals surface area contributed by atoms with Crippen LogP contribution < -0.4 is 5.73 Å². The summed E-state index contributed by atoms with van der Waals surface area (Å²) < 4.78 is 5.35. The van der Waals surface area contributed by atoms with Gasteiger partial charge >= 0.3 is 0 Å². The Morgan fingerprint density at radius 2 is 1.75 bits per heavy atom. The predicted octanol–water partition coefficient (Wildman–Crippen LogP) is 1.54. The van der Waals surface area contributed by atoms with Crippen LogP contribution in [0.1, 0.15) is 32.1 Å². The summed E-state index contributed by atoms with van der Waals surface area (Å²) in [4.78, 5) is 0. The Morgan fingerprint density at radius 1 is 1.00 bits per heavy atom. The fraction of sp³-hybridized carbons (Fsp3) is 1.00. The molecule has 2 aliphatic rings.